The molecule has 1 aromatic heterocycles. The molecule has 1 heterocycles. The highest BCUT2D eigenvalue weighted by Crippen LogP contribution is 2.28. The zero-order chi connectivity index (χ0) is 14.4. The third-order valence-electron chi connectivity index (χ3n) is 3.59. The second-order valence-corrected chi connectivity index (χ2v) is 5.61. The lowest BCUT2D eigenvalue weighted by molar-refractivity contribution is 0.848. The molecule has 0 spiro atoms. The van der Waals surface area contributed by atoms with Crippen molar-refractivity contribution in [2.75, 3.05) is 0 Å². The first kappa shape index (κ1) is 15.1. The van der Waals surface area contributed by atoms with Crippen LogP contribution in [0.3, 0.4) is 0 Å². The summed E-state index contributed by atoms with van der Waals surface area (Å²) in [6, 6.07) is 8.35. The summed E-state index contributed by atoms with van der Waals surface area (Å²) in [6.45, 7) is 4.45. The molecule has 2 rings (SSSR count). The minimum Gasteiger partial charge on any atom is -0.264 e. The summed E-state index contributed by atoms with van der Waals surface area (Å²) in [6.07, 6.45) is 9.17. The lowest BCUT2D eigenvalue weighted by Crippen LogP contribution is -2.02. The van der Waals surface area contributed by atoms with Crippen molar-refractivity contribution in [2.24, 2.45) is 0 Å². The van der Waals surface area contributed by atoms with Gasteiger partial charge >= 0.3 is 0 Å². The van der Waals surface area contributed by atoms with Gasteiger partial charge in [-0.3, -0.25) is 4.98 Å². The Morgan fingerprint density at radius 2 is 1.80 bits per heavy atom. The van der Waals surface area contributed by atoms with Gasteiger partial charge in [0.2, 0.25) is 0 Å². The van der Waals surface area contributed by atoms with Gasteiger partial charge in [-0.15, -0.1) is 0 Å². The third kappa shape index (κ3) is 3.61. The molecule has 0 saturated heterocycles. The van der Waals surface area contributed by atoms with Crippen LogP contribution in [-0.4, -0.2) is 4.98 Å². The summed E-state index contributed by atoms with van der Waals surface area (Å²) >= 11 is 6.47. The molecule has 0 aliphatic rings. The van der Waals surface area contributed by atoms with Crippen LogP contribution in [0.1, 0.15) is 48.9 Å². The molecule has 106 valence electrons. The second kappa shape index (κ2) is 7.44. The van der Waals surface area contributed by atoms with E-state index in [1.807, 2.05) is 18.5 Å². The predicted molar refractivity (Wildman–Crippen MR) is 86.5 cm³/mol. The summed E-state index contributed by atoms with van der Waals surface area (Å²) in [5, 5.41) is 0.886. The Morgan fingerprint density at radius 3 is 2.45 bits per heavy atom. The molecule has 1 aromatic carbocycles. The zero-order valence-electron chi connectivity index (χ0n) is 12.3. The number of nitrogens with zero attached hydrogens (tertiary/aromatic N) is 1. The summed E-state index contributed by atoms with van der Waals surface area (Å²) in [5.41, 5.74) is 5.41. The Hall–Kier alpha value is -1.34. The average molecular weight is 288 g/mol. The molecule has 0 unspecified atom stereocenters. The average Bonchev–Trinajstić information content (AvgIpc) is 2.47. The minimum atomic E-state index is 0.875. The van der Waals surface area contributed by atoms with Gasteiger partial charge in [0.05, 0.1) is 0 Å². The third-order valence-corrected chi connectivity index (χ3v) is 3.95. The van der Waals surface area contributed by atoms with Crippen molar-refractivity contribution in [3.8, 4) is 0 Å². The van der Waals surface area contributed by atoms with Gasteiger partial charge in [0, 0.05) is 23.8 Å². The first-order valence-corrected chi connectivity index (χ1v) is 7.82. The van der Waals surface area contributed by atoms with Crippen molar-refractivity contribution in [3.05, 3.63) is 63.9 Å². The van der Waals surface area contributed by atoms with Gasteiger partial charge in [-0.1, -0.05) is 50.4 Å². The second-order valence-electron chi connectivity index (χ2n) is 5.20. The molecule has 0 aliphatic heterocycles. The monoisotopic (exact) mass is 287 g/mol. The highest BCUT2D eigenvalue weighted by Gasteiger charge is 2.12. The maximum absolute atomic E-state index is 6.47. The maximum atomic E-state index is 6.47. The molecule has 0 N–H and O–H groups in total. The van der Waals surface area contributed by atoms with E-state index in [-0.39, 0.29) is 0 Å². The standard InChI is InChI=1S/C18H22ClN/c1-3-6-15-9-10-18(19)17(16(15)7-4-2)12-14-8-5-11-20-13-14/h5,8-11,13H,3-4,6-7,12H2,1-2H3. The fourth-order valence-corrected chi connectivity index (χ4v) is 2.92. The van der Waals surface area contributed by atoms with Crippen molar-refractivity contribution in [3.63, 3.8) is 0 Å². The Bertz CT molecular complexity index is 549. The summed E-state index contributed by atoms with van der Waals surface area (Å²) in [7, 11) is 0. The van der Waals surface area contributed by atoms with Gasteiger partial charge in [0.1, 0.15) is 0 Å². The van der Waals surface area contributed by atoms with Crippen LogP contribution in [-0.2, 0) is 19.3 Å². The molecule has 0 radical (unpaired) electrons. The van der Waals surface area contributed by atoms with Crippen LogP contribution in [0.25, 0.3) is 0 Å². The molecule has 1 nitrogen and oxygen atoms in total. The van der Waals surface area contributed by atoms with E-state index in [9.17, 15) is 0 Å². The van der Waals surface area contributed by atoms with Gasteiger partial charge in [-0.2, -0.15) is 0 Å². The van der Waals surface area contributed by atoms with E-state index in [0.29, 0.717) is 0 Å². The van der Waals surface area contributed by atoms with Gasteiger partial charge in [0.25, 0.3) is 0 Å². The van der Waals surface area contributed by atoms with Gasteiger partial charge in [-0.25, -0.2) is 0 Å². The highest BCUT2D eigenvalue weighted by molar-refractivity contribution is 6.31. The first-order valence-electron chi connectivity index (χ1n) is 7.44. The van der Waals surface area contributed by atoms with Crippen LogP contribution < -0.4 is 0 Å². The SMILES string of the molecule is CCCc1ccc(Cl)c(Cc2cccnc2)c1CCC. The Balaban J connectivity index is 2.41. The predicted octanol–water partition coefficient (Wildman–Crippen LogP) is 5.23. The smallest absolute Gasteiger partial charge is 0.0444 e. The molecule has 0 aliphatic carbocycles. The molecule has 0 bridgehead atoms. The zero-order valence-corrected chi connectivity index (χ0v) is 13.1. The number of benzene rings is 1. The van der Waals surface area contributed by atoms with Crippen LogP contribution >= 0.6 is 11.6 Å². The van der Waals surface area contributed by atoms with E-state index in [4.69, 9.17) is 11.6 Å². The molecule has 0 fully saturated rings. The fraction of sp³-hybridized carbons (Fsp3) is 0.389. The van der Waals surface area contributed by atoms with E-state index in [1.54, 1.807) is 0 Å². The van der Waals surface area contributed by atoms with E-state index in [0.717, 1.165) is 30.7 Å². The number of aromatic nitrogens is 1. The molecular formula is C18H22ClN. The maximum Gasteiger partial charge on any atom is 0.0444 e. The lowest BCUT2D eigenvalue weighted by Gasteiger charge is -2.16. The Labute approximate surface area is 127 Å². The van der Waals surface area contributed by atoms with Crippen molar-refractivity contribution in [1.82, 2.24) is 4.98 Å². The van der Waals surface area contributed by atoms with Crippen LogP contribution in [0, 0.1) is 0 Å². The van der Waals surface area contributed by atoms with E-state index in [2.05, 4.69) is 37.0 Å². The van der Waals surface area contributed by atoms with Crippen LogP contribution in [0.2, 0.25) is 5.02 Å². The number of halogens is 1. The Kier molecular flexibility index (Phi) is 5.60. The van der Waals surface area contributed by atoms with E-state index in [1.165, 1.54) is 28.7 Å². The summed E-state index contributed by atoms with van der Waals surface area (Å²) in [4.78, 5) is 4.20. The van der Waals surface area contributed by atoms with Crippen LogP contribution in [0.5, 0.6) is 0 Å². The minimum absolute atomic E-state index is 0.875. The molecular weight excluding hydrogens is 266 g/mol. The Morgan fingerprint density at radius 1 is 1.00 bits per heavy atom. The normalized spacial score (nSPS) is 10.8. The number of hydrogen-bond acceptors (Lipinski definition) is 1. The van der Waals surface area contributed by atoms with Crippen molar-refractivity contribution < 1.29 is 0 Å². The number of aryl methyl sites for hydroxylation is 1. The lowest BCUT2D eigenvalue weighted by atomic mass is 9.91. The van der Waals surface area contributed by atoms with Crippen molar-refractivity contribution in [1.29, 1.82) is 0 Å². The van der Waals surface area contributed by atoms with Crippen molar-refractivity contribution in [2.45, 2.75) is 46.0 Å². The fourth-order valence-electron chi connectivity index (χ4n) is 2.68. The van der Waals surface area contributed by atoms with Gasteiger partial charge in [-0.05, 0) is 47.2 Å². The largest absolute Gasteiger partial charge is 0.264 e. The number of hydrogen-bond donors (Lipinski definition) is 0. The summed E-state index contributed by atoms with van der Waals surface area (Å²) < 4.78 is 0. The molecule has 0 saturated carbocycles. The number of rotatable bonds is 6. The quantitative estimate of drug-likeness (QED) is 0.709. The molecule has 20 heavy (non-hydrogen) atoms. The van der Waals surface area contributed by atoms with E-state index < -0.39 is 0 Å². The molecule has 2 aromatic rings. The topological polar surface area (TPSA) is 12.9 Å². The van der Waals surface area contributed by atoms with Crippen LogP contribution in [0.15, 0.2) is 36.7 Å². The summed E-state index contributed by atoms with van der Waals surface area (Å²) in [5.74, 6) is 0. The molecule has 0 amide bonds. The van der Waals surface area contributed by atoms with Crippen LogP contribution in [0.4, 0.5) is 0 Å². The van der Waals surface area contributed by atoms with Crippen molar-refractivity contribution >= 4 is 11.6 Å². The van der Waals surface area contributed by atoms with Gasteiger partial charge < -0.3 is 0 Å². The van der Waals surface area contributed by atoms with Gasteiger partial charge in [0.15, 0.2) is 0 Å². The molecule has 0 atom stereocenters. The first-order chi connectivity index (χ1) is 9.76. The highest BCUT2D eigenvalue weighted by atomic mass is 35.5. The molecule has 2 heteroatoms. The van der Waals surface area contributed by atoms with E-state index >= 15 is 0 Å². The number of pyridine rings is 1.